The van der Waals surface area contributed by atoms with E-state index in [-0.39, 0.29) is 5.91 Å². The van der Waals surface area contributed by atoms with Gasteiger partial charge in [0.2, 0.25) is 5.91 Å². The first-order valence-electron chi connectivity index (χ1n) is 8.22. The molecule has 1 aromatic carbocycles. The molecule has 25 heavy (non-hydrogen) atoms. The number of anilines is 1. The monoisotopic (exact) mass is 336 g/mol. The molecular formula is C19H20N4O2. The summed E-state index contributed by atoms with van der Waals surface area (Å²) in [7, 11) is 1.62. The Morgan fingerprint density at radius 3 is 2.56 bits per heavy atom. The van der Waals surface area contributed by atoms with E-state index in [0.717, 1.165) is 11.3 Å². The first-order valence-corrected chi connectivity index (χ1v) is 8.22. The van der Waals surface area contributed by atoms with E-state index in [1.165, 1.54) is 0 Å². The number of rotatable bonds is 4. The highest BCUT2D eigenvalue weighted by Crippen LogP contribution is 2.19. The lowest BCUT2D eigenvalue weighted by molar-refractivity contribution is -0.130. The smallest absolute Gasteiger partial charge is 0.227 e. The van der Waals surface area contributed by atoms with Crippen LogP contribution in [0.15, 0.2) is 42.6 Å². The second-order valence-electron chi connectivity index (χ2n) is 5.88. The molecule has 0 bridgehead atoms. The average Bonchev–Trinajstić information content (AvgIpc) is 2.68. The van der Waals surface area contributed by atoms with Gasteiger partial charge in [-0.05, 0) is 29.8 Å². The van der Waals surface area contributed by atoms with Crippen molar-refractivity contribution in [3.05, 3.63) is 53.7 Å². The number of carbonyl (C=O) groups is 1. The Kier molecular flexibility index (Phi) is 5.14. The predicted molar refractivity (Wildman–Crippen MR) is 94.4 cm³/mol. The van der Waals surface area contributed by atoms with Crippen molar-refractivity contribution in [3.8, 4) is 11.8 Å². The Balaban J connectivity index is 1.58. The summed E-state index contributed by atoms with van der Waals surface area (Å²) in [5.41, 5.74) is 1.55. The molecule has 1 aromatic heterocycles. The van der Waals surface area contributed by atoms with Crippen LogP contribution in [0.3, 0.4) is 0 Å². The maximum atomic E-state index is 12.5. The molecule has 1 amide bonds. The molecule has 2 aromatic rings. The maximum absolute atomic E-state index is 12.5. The third kappa shape index (κ3) is 3.89. The van der Waals surface area contributed by atoms with Crippen molar-refractivity contribution in [2.24, 2.45) is 0 Å². The number of nitrogens with zero attached hydrogens (tertiary/aromatic N) is 4. The second-order valence-corrected chi connectivity index (χ2v) is 5.88. The van der Waals surface area contributed by atoms with Crippen LogP contribution < -0.4 is 9.64 Å². The van der Waals surface area contributed by atoms with Gasteiger partial charge in [0.05, 0.1) is 19.1 Å². The zero-order valence-corrected chi connectivity index (χ0v) is 14.2. The van der Waals surface area contributed by atoms with Crippen LogP contribution in [0.25, 0.3) is 0 Å². The van der Waals surface area contributed by atoms with Gasteiger partial charge in [0, 0.05) is 32.4 Å². The van der Waals surface area contributed by atoms with Crippen molar-refractivity contribution in [1.29, 1.82) is 5.26 Å². The standard InChI is InChI=1S/C19H20N4O2/c1-25-17-6-4-15(5-7-17)13-18(24)22-9-11-23(12-10-22)19-16(14-20)3-2-8-21-19/h2-8H,9-13H2,1H3. The Hall–Kier alpha value is -3.07. The lowest BCUT2D eigenvalue weighted by atomic mass is 10.1. The van der Waals surface area contributed by atoms with Crippen LogP contribution >= 0.6 is 0 Å². The summed E-state index contributed by atoms with van der Waals surface area (Å²) in [5, 5.41) is 9.20. The molecule has 1 saturated heterocycles. The van der Waals surface area contributed by atoms with Gasteiger partial charge in [-0.1, -0.05) is 12.1 Å². The van der Waals surface area contributed by atoms with Crippen molar-refractivity contribution < 1.29 is 9.53 Å². The number of amides is 1. The zero-order chi connectivity index (χ0) is 17.6. The number of nitriles is 1. The van der Waals surface area contributed by atoms with E-state index in [4.69, 9.17) is 4.74 Å². The van der Waals surface area contributed by atoms with Crippen molar-refractivity contribution in [1.82, 2.24) is 9.88 Å². The van der Waals surface area contributed by atoms with E-state index in [0.29, 0.717) is 44.0 Å². The van der Waals surface area contributed by atoms with Crippen LogP contribution in [-0.4, -0.2) is 49.1 Å². The van der Waals surface area contributed by atoms with Gasteiger partial charge in [-0.3, -0.25) is 4.79 Å². The van der Waals surface area contributed by atoms with Crippen LogP contribution in [-0.2, 0) is 11.2 Å². The van der Waals surface area contributed by atoms with E-state index in [9.17, 15) is 10.1 Å². The fourth-order valence-electron chi connectivity index (χ4n) is 2.93. The molecule has 6 nitrogen and oxygen atoms in total. The van der Waals surface area contributed by atoms with Crippen molar-refractivity contribution >= 4 is 11.7 Å². The molecular weight excluding hydrogens is 316 g/mol. The predicted octanol–water partition coefficient (Wildman–Crippen LogP) is 1.85. The summed E-state index contributed by atoms with van der Waals surface area (Å²) >= 11 is 0. The lowest BCUT2D eigenvalue weighted by Gasteiger charge is -2.35. The highest BCUT2D eigenvalue weighted by molar-refractivity contribution is 5.79. The van der Waals surface area contributed by atoms with Crippen LogP contribution in [0, 0.1) is 11.3 Å². The van der Waals surface area contributed by atoms with Gasteiger partial charge in [-0.25, -0.2) is 4.98 Å². The highest BCUT2D eigenvalue weighted by atomic mass is 16.5. The SMILES string of the molecule is COc1ccc(CC(=O)N2CCN(c3ncccc3C#N)CC2)cc1. The molecule has 128 valence electrons. The molecule has 0 unspecified atom stereocenters. The average molecular weight is 336 g/mol. The molecule has 0 atom stereocenters. The number of methoxy groups -OCH3 is 1. The van der Waals surface area contributed by atoms with Crippen LogP contribution in [0.5, 0.6) is 5.75 Å². The number of carbonyl (C=O) groups excluding carboxylic acids is 1. The molecule has 6 heteroatoms. The molecule has 3 rings (SSSR count). The van der Waals surface area contributed by atoms with Gasteiger partial charge in [0.1, 0.15) is 17.6 Å². The van der Waals surface area contributed by atoms with E-state index in [1.54, 1.807) is 25.4 Å². The molecule has 0 aliphatic carbocycles. The van der Waals surface area contributed by atoms with Gasteiger partial charge in [0.15, 0.2) is 0 Å². The number of hydrogen-bond donors (Lipinski definition) is 0. The molecule has 1 aliphatic rings. The van der Waals surface area contributed by atoms with Crippen molar-refractivity contribution in [2.75, 3.05) is 38.2 Å². The summed E-state index contributed by atoms with van der Waals surface area (Å²) in [6.45, 7) is 2.63. The molecule has 1 aliphatic heterocycles. The Morgan fingerprint density at radius 2 is 1.92 bits per heavy atom. The molecule has 2 heterocycles. The lowest BCUT2D eigenvalue weighted by Crippen LogP contribution is -2.49. The largest absolute Gasteiger partial charge is 0.497 e. The summed E-state index contributed by atoms with van der Waals surface area (Å²) in [4.78, 5) is 20.7. The van der Waals surface area contributed by atoms with Crippen molar-refractivity contribution in [3.63, 3.8) is 0 Å². The fraction of sp³-hybridized carbons (Fsp3) is 0.316. The Labute approximate surface area is 147 Å². The van der Waals surface area contributed by atoms with Gasteiger partial charge < -0.3 is 14.5 Å². The first-order chi connectivity index (χ1) is 12.2. The summed E-state index contributed by atoms with van der Waals surface area (Å²) < 4.78 is 5.13. The number of ether oxygens (including phenoxy) is 1. The van der Waals surface area contributed by atoms with E-state index < -0.39 is 0 Å². The van der Waals surface area contributed by atoms with Crippen molar-refractivity contribution in [2.45, 2.75) is 6.42 Å². The van der Waals surface area contributed by atoms with Gasteiger partial charge >= 0.3 is 0 Å². The van der Waals surface area contributed by atoms with E-state index in [2.05, 4.69) is 16.0 Å². The third-order valence-corrected chi connectivity index (χ3v) is 4.35. The minimum atomic E-state index is 0.117. The van der Waals surface area contributed by atoms with Gasteiger partial charge in [-0.15, -0.1) is 0 Å². The number of aromatic nitrogens is 1. The van der Waals surface area contributed by atoms with Gasteiger partial charge in [0.25, 0.3) is 0 Å². The number of piperazine rings is 1. The normalized spacial score (nSPS) is 14.1. The van der Waals surface area contributed by atoms with E-state index in [1.807, 2.05) is 29.2 Å². The highest BCUT2D eigenvalue weighted by Gasteiger charge is 2.23. The van der Waals surface area contributed by atoms with Crippen LogP contribution in [0.1, 0.15) is 11.1 Å². The Morgan fingerprint density at radius 1 is 1.20 bits per heavy atom. The number of pyridine rings is 1. The minimum absolute atomic E-state index is 0.117. The molecule has 1 fully saturated rings. The molecule has 0 radical (unpaired) electrons. The van der Waals surface area contributed by atoms with Crippen LogP contribution in [0.4, 0.5) is 5.82 Å². The molecule has 0 spiro atoms. The topological polar surface area (TPSA) is 69.5 Å². The second kappa shape index (κ2) is 7.67. The maximum Gasteiger partial charge on any atom is 0.227 e. The Bertz CT molecular complexity index is 775. The third-order valence-electron chi connectivity index (χ3n) is 4.35. The number of benzene rings is 1. The quantitative estimate of drug-likeness (QED) is 0.852. The summed E-state index contributed by atoms with van der Waals surface area (Å²) in [6, 6.07) is 13.3. The first kappa shape index (κ1) is 16.8. The number of hydrogen-bond acceptors (Lipinski definition) is 5. The zero-order valence-electron chi connectivity index (χ0n) is 14.2. The fourth-order valence-corrected chi connectivity index (χ4v) is 2.93. The molecule has 0 saturated carbocycles. The van der Waals surface area contributed by atoms with Gasteiger partial charge in [-0.2, -0.15) is 5.26 Å². The van der Waals surface area contributed by atoms with E-state index >= 15 is 0 Å². The summed E-state index contributed by atoms with van der Waals surface area (Å²) in [5.74, 6) is 1.60. The van der Waals surface area contributed by atoms with Crippen LogP contribution in [0.2, 0.25) is 0 Å². The minimum Gasteiger partial charge on any atom is -0.497 e. The summed E-state index contributed by atoms with van der Waals surface area (Å²) in [6.07, 6.45) is 2.08. The molecule has 0 N–H and O–H groups in total.